The van der Waals surface area contributed by atoms with Crippen molar-refractivity contribution in [1.29, 1.82) is 0 Å². The second-order valence-corrected chi connectivity index (χ2v) is 7.67. The van der Waals surface area contributed by atoms with Gasteiger partial charge in [0.15, 0.2) is 0 Å². The summed E-state index contributed by atoms with van der Waals surface area (Å²) in [6, 6.07) is 10.6. The summed E-state index contributed by atoms with van der Waals surface area (Å²) in [6.45, 7) is 4.81. The van der Waals surface area contributed by atoms with Gasteiger partial charge in [0.2, 0.25) is 0 Å². The summed E-state index contributed by atoms with van der Waals surface area (Å²) in [6.07, 6.45) is 6.70. The van der Waals surface area contributed by atoms with Crippen LogP contribution < -0.4 is 10.2 Å². The van der Waals surface area contributed by atoms with Crippen LogP contribution >= 0.6 is 12.4 Å². The van der Waals surface area contributed by atoms with Crippen molar-refractivity contribution in [3.63, 3.8) is 0 Å². The molecule has 0 bridgehead atoms. The Bertz CT molecular complexity index is 781. The predicted molar refractivity (Wildman–Crippen MR) is 114 cm³/mol. The first-order valence-electron chi connectivity index (χ1n) is 10.1. The van der Waals surface area contributed by atoms with Crippen LogP contribution in [-0.2, 0) is 6.54 Å². The fourth-order valence-electron chi connectivity index (χ4n) is 4.15. The van der Waals surface area contributed by atoms with Crippen LogP contribution in [0.2, 0.25) is 0 Å². The number of carbonyl (C=O) groups excluding carboxylic acids is 1. The maximum absolute atomic E-state index is 12.9. The van der Waals surface area contributed by atoms with Crippen molar-refractivity contribution in [3.8, 4) is 0 Å². The summed E-state index contributed by atoms with van der Waals surface area (Å²) < 4.78 is 1.95. The van der Waals surface area contributed by atoms with Crippen molar-refractivity contribution in [3.05, 3.63) is 47.8 Å². The van der Waals surface area contributed by atoms with Crippen LogP contribution in [0.3, 0.4) is 0 Å². The maximum atomic E-state index is 12.9. The lowest BCUT2D eigenvalue weighted by molar-refractivity contribution is 0.0778. The van der Waals surface area contributed by atoms with Gasteiger partial charge in [-0.2, -0.15) is 5.10 Å². The molecule has 28 heavy (non-hydrogen) atoms. The van der Waals surface area contributed by atoms with Crippen LogP contribution in [0, 0.1) is 0 Å². The van der Waals surface area contributed by atoms with Gasteiger partial charge in [-0.05, 0) is 49.9 Å². The summed E-state index contributed by atoms with van der Waals surface area (Å²) in [4.78, 5) is 17.1. The second kappa shape index (κ2) is 9.43. The summed E-state index contributed by atoms with van der Waals surface area (Å²) in [7, 11) is 1.87. The number of carbonyl (C=O) groups is 1. The molecule has 0 aliphatic carbocycles. The normalized spacial score (nSPS) is 19.3. The Morgan fingerprint density at radius 3 is 2.75 bits per heavy atom. The number of amides is 1. The molecular weight excluding hydrogens is 374 g/mol. The number of benzene rings is 1. The zero-order chi connectivity index (χ0) is 18.6. The molecule has 1 amide bonds. The van der Waals surface area contributed by atoms with Gasteiger partial charge in [0, 0.05) is 45.1 Å². The molecule has 1 aromatic heterocycles. The molecule has 7 heteroatoms. The molecule has 0 radical (unpaired) electrons. The minimum atomic E-state index is -0.0197. The summed E-state index contributed by atoms with van der Waals surface area (Å²) in [5.41, 5.74) is 2.99. The first-order valence-corrected chi connectivity index (χ1v) is 10.1. The zero-order valence-corrected chi connectivity index (χ0v) is 17.3. The third kappa shape index (κ3) is 4.50. The number of hydrogen-bond donors (Lipinski definition) is 1. The van der Waals surface area contributed by atoms with Gasteiger partial charge in [0.1, 0.15) is 5.69 Å². The van der Waals surface area contributed by atoms with E-state index in [0.717, 1.165) is 39.0 Å². The number of anilines is 1. The van der Waals surface area contributed by atoms with Crippen LogP contribution in [-0.4, -0.2) is 53.8 Å². The molecule has 6 nitrogen and oxygen atoms in total. The van der Waals surface area contributed by atoms with Gasteiger partial charge < -0.3 is 15.1 Å². The Hall–Kier alpha value is -2.05. The van der Waals surface area contributed by atoms with E-state index in [1.54, 1.807) is 4.90 Å². The van der Waals surface area contributed by atoms with E-state index < -0.39 is 0 Å². The van der Waals surface area contributed by atoms with Crippen molar-refractivity contribution in [2.45, 2.75) is 38.3 Å². The Labute approximate surface area is 173 Å². The van der Waals surface area contributed by atoms with Crippen molar-refractivity contribution in [1.82, 2.24) is 20.0 Å². The lowest BCUT2D eigenvalue weighted by Gasteiger charge is -2.24. The van der Waals surface area contributed by atoms with Crippen molar-refractivity contribution >= 4 is 24.0 Å². The highest BCUT2D eigenvalue weighted by Crippen LogP contribution is 2.25. The minimum Gasteiger partial charge on any atom is -0.371 e. The summed E-state index contributed by atoms with van der Waals surface area (Å²) in [5, 5.41) is 7.97. The number of hydrogen-bond acceptors (Lipinski definition) is 4. The summed E-state index contributed by atoms with van der Waals surface area (Å²) in [5.74, 6) is -0.0197. The fraction of sp³-hybridized carbons (Fsp3) is 0.524. The van der Waals surface area contributed by atoms with Crippen molar-refractivity contribution in [2.24, 2.45) is 0 Å². The monoisotopic (exact) mass is 403 g/mol. The fourth-order valence-corrected chi connectivity index (χ4v) is 4.15. The number of rotatable bonds is 5. The van der Waals surface area contributed by atoms with Gasteiger partial charge in [-0.15, -0.1) is 12.4 Å². The molecule has 0 spiro atoms. The average Bonchev–Trinajstić information content (AvgIpc) is 3.41. The molecule has 2 aliphatic rings. The molecule has 2 fully saturated rings. The maximum Gasteiger partial charge on any atom is 0.274 e. The van der Waals surface area contributed by atoms with E-state index >= 15 is 0 Å². The van der Waals surface area contributed by atoms with Gasteiger partial charge in [-0.25, -0.2) is 0 Å². The van der Waals surface area contributed by atoms with E-state index in [2.05, 4.69) is 39.6 Å². The van der Waals surface area contributed by atoms with E-state index in [9.17, 15) is 4.79 Å². The molecule has 2 aliphatic heterocycles. The Morgan fingerprint density at radius 1 is 1.21 bits per heavy atom. The number of aromatic nitrogens is 2. The standard InChI is InChI=1S/C21H29N5O.ClH/c1-24(16-17-7-2-3-9-20(17)25-12-4-5-13-25)21(27)19-10-14-26(23-19)18-8-6-11-22-15-18;/h2-3,7,9-10,14,18,22H,4-6,8,11-13,15-16H2,1H3;1H. The molecule has 1 atom stereocenters. The summed E-state index contributed by atoms with van der Waals surface area (Å²) >= 11 is 0. The SMILES string of the molecule is CN(Cc1ccccc1N1CCCC1)C(=O)c1ccn(C2CCCNC2)n1.Cl. The van der Waals surface area contributed by atoms with Gasteiger partial charge >= 0.3 is 0 Å². The average molecular weight is 404 g/mol. The number of nitrogens with zero attached hydrogens (tertiary/aromatic N) is 4. The number of para-hydroxylation sites is 1. The Balaban J connectivity index is 0.00000225. The van der Waals surface area contributed by atoms with E-state index in [4.69, 9.17) is 0 Å². The molecule has 152 valence electrons. The quantitative estimate of drug-likeness (QED) is 0.833. The first kappa shape index (κ1) is 20.7. The highest BCUT2D eigenvalue weighted by molar-refractivity contribution is 5.92. The van der Waals surface area contributed by atoms with Crippen LogP contribution in [0.5, 0.6) is 0 Å². The highest BCUT2D eigenvalue weighted by atomic mass is 35.5. The first-order chi connectivity index (χ1) is 13.2. The third-order valence-corrected chi connectivity index (χ3v) is 5.67. The largest absolute Gasteiger partial charge is 0.371 e. The smallest absolute Gasteiger partial charge is 0.274 e. The van der Waals surface area contributed by atoms with Gasteiger partial charge in [-0.1, -0.05) is 18.2 Å². The molecule has 2 aromatic rings. The Kier molecular flexibility index (Phi) is 6.97. The molecule has 4 rings (SSSR count). The molecule has 0 saturated carbocycles. The van der Waals surface area contributed by atoms with Crippen LogP contribution in [0.4, 0.5) is 5.69 Å². The number of nitrogens with one attached hydrogen (secondary N) is 1. The van der Waals surface area contributed by atoms with Crippen LogP contribution in [0.1, 0.15) is 47.8 Å². The molecule has 1 aromatic carbocycles. The van der Waals surface area contributed by atoms with Crippen molar-refractivity contribution in [2.75, 3.05) is 38.1 Å². The Morgan fingerprint density at radius 2 is 2.00 bits per heavy atom. The van der Waals surface area contributed by atoms with Gasteiger partial charge in [0.25, 0.3) is 5.91 Å². The lowest BCUT2D eigenvalue weighted by Crippen LogP contribution is -2.32. The van der Waals surface area contributed by atoms with Gasteiger partial charge in [0.05, 0.1) is 6.04 Å². The van der Waals surface area contributed by atoms with E-state index in [1.165, 1.54) is 24.1 Å². The zero-order valence-electron chi connectivity index (χ0n) is 16.5. The van der Waals surface area contributed by atoms with Crippen LogP contribution in [0.25, 0.3) is 0 Å². The van der Waals surface area contributed by atoms with Crippen molar-refractivity contribution < 1.29 is 4.79 Å². The van der Waals surface area contributed by atoms with E-state index in [-0.39, 0.29) is 18.3 Å². The van der Waals surface area contributed by atoms with Gasteiger partial charge in [-0.3, -0.25) is 9.48 Å². The van der Waals surface area contributed by atoms with Crippen LogP contribution in [0.15, 0.2) is 36.5 Å². The predicted octanol–water partition coefficient (Wildman–Crippen LogP) is 3.10. The molecular formula is C21H30ClN5O. The molecule has 2 saturated heterocycles. The molecule has 1 unspecified atom stereocenters. The molecule has 1 N–H and O–H groups in total. The minimum absolute atomic E-state index is 0. The number of piperidine rings is 1. The number of halogens is 1. The second-order valence-electron chi connectivity index (χ2n) is 7.67. The third-order valence-electron chi connectivity index (χ3n) is 5.67. The lowest BCUT2D eigenvalue weighted by atomic mass is 10.1. The highest BCUT2D eigenvalue weighted by Gasteiger charge is 2.21. The van der Waals surface area contributed by atoms with E-state index in [0.29, 0.717) is 18.3 Å². The van der Waals surface area contributed by atoms with E-state index in [1.807, 2.05) is 24.0 Å². The molecule has 3 heterocycles. The topological polar surface area (TPSA) is 53.4 Å².